The summed E-state index contributed by atoms with van der Waals surface area (Å²) in [6.45, 7) is 2.32. The number of furan rings is 1. The van der Waals surface area contributed by atoms with Crippen molar-refractivity contribution in [2.75, 3.05) is 11.1 Å². The van der Waals surface area contributed by atoms with Gasteiger partial charge in [-0.2, -0.15) is 0 Å². The lowest BCUT2D eigenvalue weighted by Gasteiger charge is -2.07. The molecule has 8 heteroatoms. The van der Waals surface area contributed by atoms with Crippen LogP contribution in [0.15, 0.2) is 52.2 Å². The van der Waals surface area contributed by atoms with Gasteiger partial charge in [-0.25, -0.2) is 4.39 Å². The Balaban J connectivity index is 1.62. The molecule has 3 rings (SSSR count). The van der Waals surface area contributed by atoms with Crippen LogP contribution in [0.5, 0.6) is 0 Å². The maximum Gasteiger partial charge on any atom is 0.234 e. The summed E-state index contributed by atoms with van der Waals surface area (Å²) in [4.78, 5) is 12.0. The summed E-state index contributed by atoms with van der Waals surface area (Å²) in [5, 5.41) is 11.3. The van der Waals surface area contributed by atoms with Gasteiger partial charge in [0, 0.05) is 0 Å². The lowest BCUT2D eigenvalue weighted by Crippen LogP contribution is -2.15. The molecule has 0 fully saturated rings. The second kappa shape index (κ2) is 7.31. The van der Waals surface area contributed by atoms with Crippen molar-refractivity contribution >= 4 is 23.4 Å². The molecule has 0 bridgehead atoms. The molecule has 124 valence electrons. The lowest BCUT2D eigenvalue weighted by atomic mass is 10.3. The van der Waals surface area contributed by atoms with E-state index in [1.807, 2.05) is 23.6 Å². The average molecular weight is 346 g/mol. The Kier molecular flexibility index (Phi) is 4.95. The number of thioether (sulfide) groups is 1. The smallest absolute Gasteiger partial charge is 0.234 e. The van der Waals surface area contributed by atoms with E-state index in [1.54, 1.807) is 18.4 Å². The van der Waals surface area contributed by atoms with Crippen molar-refractivity contribution in [2.45, 2.75) is 18.6 Å². The molecule has 3 aromatic rings. The highest BCUT2D eigenvalue weighted by Gasteiger charge is 2.14. The monoisotopic (exact) mass is 346 g/mol. The summed E-state index contributed by atoms with van der Waals surface area (Å²) in [5.74, 6) is 0.826. The number of benzene rings is 1. The van der Waals surface area contributed by atoms with Gasteiger partial charge in [-0.1, -0.05) is 23.9 Å². The number of aryl methyl sites for hydroxylation is 1. The number of nitrogens with zero attached hydrogens (tertiary/aromatic N) is 3. The van der Waals surface area contributed by atoms with E-state index in [-0.39, 0.29) is 17.3 Å². The van der Waals surface area contributed by atoms with Crippen LogP contribution in [0.2, 0.25) is 0 Å². The molecule has 0 radical (unpaired) electrons. The number of carbonyl (C=O) groups excluding carboxylic acids is 1. The quantitative estimate of drug-likeness (QED) is 0.694. The number of hydrogen-bond donors (Lipinski definition) is 1. The van der Waals surface area contributed by atoms with E-state index in [1.165, 1.54) is 23.9 Å². The molecule has 0 saturated heterocycles. The highest BCUT2D eigenvalue weighted by atomic mass is 32.2. The van der Waals surface area contributed by atoms with Crippen molar-refractivity contribution in [3.05, 3.63) is 60.1 Å². The summed E-state index contributed by atoms with van der Waals surface area (Å²) in [6.07, 6.45) is 1.60. The topological polar surface area (TPSA) is 73.0 Å². The van der Waals surface area contributed by atoms with E-state index >= 15 is 0 Å². The van der Waals surface area contributed by atoms with Crippen LogP contribution in [0, 0.1) is 12.7 Å². The Morgan fingerprint density at radius 2 is 2.12 bits per heavy atom. The van der Waals surface area contributed by atoms with Crippen LogP contribution in [-0.4, -0.2) is 26.4 Å². The van der Waals surface area contributed by atoms with Gasteiger partial charge in [0.1, 0.15) is 17.4 Å². The highest BCUT2D eigenvalue weighted by Crippen LogP contribution is 2.19. The number of halogens is 1. The first-order valence-corrected chi connectivity index (χ1v) is 8.21. The molecule has 1 aromatic carbocycles. The molecule has 24 heavy (non-hydrogen) atoms. The van der Waals surface area contributed by atoms with Crippen LogP contribution in [0.1, 0.15) is 11.6 Å². The summed E-state index contributed by atoms with van der Waals surface area (Å²) >= 11 is 1.24. The average Bonchev–Trinajstić information content (AvgIpc) is 3.19. The fraction of sp³-hybridized carbons (Fsp3) is 0.188. The Bertz CT molecular complexity index is 832. The largest absolute Gasteiger partial charge is 0.467 e. The number of carbonyl (C=O) groups is 1. The van der Waals surface area contributed by atoms with Gasteiger partial charge in [0.25, 0.3) is 0 Å². The van der Waals surface area contributed by atoms with Gasteiger partial charge in [0.2, 0.25) is 5.91 Å². The number of anilines is 1. The highest BCUT2D eigenvalue weighted by molar-refractivity contribution is 7.99. The second-order valence-electron chi connectivity index (χ2n) is 5.01. The van der Waals surface area contributed by atoms with Gasteiger partial charge in [0.05, 0.1) is 24.2 Å². The summed E-state index contributed by atoms with van der Waals surface area (Å²) in [5.41, 5.74) is 0.163. The normalized spacial score (nSPS) is 10.8. The van der Waals surface area contributed by atoms with Gasteiger partial charge in [0.15, 0.2) is 5.16 Å². The number of hydrogen-bond acceptors (Lipinski definition) is 5. The van der Waals surface area contributed by atoms with E-state index < -0.39 is 5.82 Å². The summed E-state index contributed by atoms with van der Waals surface area (Å²) in [6, 6.07) is 9.71. The maximum absolute atomic E-state index is 13.5. The molecule has 2 heterocycles. The number of nitrogens with one attached hydrogen (secondary N) is 1. The van der Waals surface area contributed by atoms with Gasteiger partial charge < -0.3 is 9.73 Å². The second-order valence-corrected chi connectivity index (χ2v) is 5.95. The Morgan fingerprint density at radius 3 is 2.88 bits per heavy atom. The third-order valence-corrected chi connectivity index (χ3v) is 4.24. The van der Waals surface area contributed by atoms with Crippen LogP contribution < -0.4 is 5.32 Å². The van der Waals surface area contributed by atoms with Crippen molar-refractivity contribution in [3.8, 4) is 0 Å². The summed E-state index contributed by atoms with van der Waals surface area (Å²) < 4.78 is 20.7. The molecule has 0 aliphatic carbocycles. The first-order chi connectivity index (χ1) is 11.6. The van der Waals surface area contributed by atoms with Crippen LogP contribution in [0.3, 0.4) is 0 Å². The molecule has 0 saturated carbocycles. The fourth-order valence-corrected chi connectivity index (χ4v) is 2.87. The van der Waals surface area contributed by atoms with E-state index in [2.05, 4.69) is 15.5 Å². The molecular formula is C16H15FN4O2S. The predicted molar refractivity (Wildman–Crippen MR) is 88.3 cm³/mol. The third-order valence-electron chi connectivity index (χ3n) is 3.28. The zero-order valence-corrected chi connectivity index (χ0v) is 13.7. The van der Waals surface area contributed by atoms with Crippen molar-refractivity contribution in [1.82, 2.24) is 14.8 Å². The zero-order valence-electron chi connectivity index (χ0n) is 12.9. The van der Waals surface area contributed by atoms with E-state index in [0.717, 1.165) is 11.6 Å². The molecule has 0 aliphatic heterocycles. The molecule has 0 spiro atoms. The fourth-order valence-electron chi connectivity index (χ4n) is 2.09. The van der Waals surface area contributed by atoms with Gasteiger partial charge >= 0.3 is 0 Å². The molecule has 0 aliphatic rings. The zero-order chi connectivity index (χ0) is 16.9. The van der Waals surface area contributed by atoms with Crippen molar-refractivity contribution in [1.29, 1.82) is 0 Å². The van der Waals surface area contributed by atoms with Crippen molar-refractivity contribution < 1.29 is 13.6 Å². The van der Waals surface area contributed by atoms with Crippen LogP contribution in [0.4, 0.5) is 10.1 Å². The Hall–Kier alpha value is -2.61. The third kappa shape index (κ3) is 3.83. The van der Waals surface area contributed by atoms with Crippen LogP contribution in [-0.2, 0) is 11.3 Å². The standard InChI is InChI=1S/C16H15FN4O2S/c1-11-19-20-16(21(11)9-12-5-4-8-23-12)24-10-15(22)18-14-7-3-2-6-13(14)17/h2-8H,9-10H2,1H3,(H,18,22). The first kappa shape index (κ1) is 16.3. The number of aromatic nitrogens is 3. The molecule has 6 nitrogen and oxygen atoms in total. The van der Waals surface area contributed by atoms with Crippen LogP contribution >= 0.6 is 11.8 Å². The van der Waals surface area contributed by atoms with Crippen LogP contribution in [0.25, 0.3) is 0 Å². The molecule has 0 atom stereocenters. The number of para-hydroxylation sites is 1. The summed E-state index contributed by atoms with van der Waals surface area (Å²) in [7, 11) is 0. The number of amides is 1. The van der Waals surface area contributed by atoms with Gasteiger partial charge in [-0.05, 0) is 31.2 Å². The van der Waals surface area contributed by atoms with Gasteiger partial charge in [-0.15, -0.1) is 10.2 Å². The molecule has 1 amide bonds. The Labute approximate surface area is 142 Å². The van der Waals surface area contributed by atoms with E-state index in [4.69, 9.17) is 4.42 Å². The minimum atomic E-state index is -0.465. The number of rotatable bonds is 6. The predicted octanol–water partition coefficient (Wildman–Crippen LogP) is 3.10. The van der Waals surface area contributed by atoms with Crippen molar-refractivity contribution in [2.24, 2.45) is 0 Å². The molecule has 0 unspecified atom stereocenters. The molecule has 2 aromatic heterocycles. The van der Waals surface area contributed by atoms with E-state index in [9.17, 15) is 9.18 Å². The van der Waals surface area contributed by atoms with E-state index in [0.29, 0.717) is 11.7 Å². The minimum absolute atomic E-state index is 0.102. The maximum atomic E-state index is 13.5. The lowest BCUT2D eigenvalue weighted by molar-refractivity contribution is -0.113. The Morgan fingerprint density at radius 1 is 1.29 bits per heavy atom. The minimum Gasteiger partial charge on any atom is -0.467 e. The molecular weight excluding hydrogens is 331 g/mol. The SMILES string of the molecule is Cc1nnc(SCC(=O)Nc2ccccc2F)n1Cc1ccco1. The van der Waals surface area contributed by atoms with Gasteiger partial charge in [-0.3, -0.25) is 9.36 Å². The van der Waals surface area contributed by atoms with Crippen molar-refractivity contribution in [3.63, 3.8) is 0 Å². The first-order valence-electron chi connectivity index (χ1n) is 7.23. The molecule has 1 N–H and O–H groups in total.